The fourth-order valence-corrected chi connectivity index (χ4v) is 2.87. The third-order valence-corrected chi connectivity index (χ3v) is 4.18. The summed E-state index contributed by atoms with van der Waals surface area (Å²) in [4.78, 5) is 4.25. The first-order valence-electron chi connectivity index (χ1n) is 7.13. The van der Waals surface area contributed by atoms with Gasteiger partial charge in [-0.3, -0.25) is 4.40 Å². The molecule has 4 heterocycles. The van der Waals surface area contributed by atoms with Crippen LogP contribution in [0.4, 0.5) is 5.82 Å². The second-order valence-corrected chi connectivity index (χ2v) is 6.15. The highest BCUT2D eigenvalue weighted by atomic mass is 79.9. The zero-order chi connectivity index (χ0) is 16.7. The molecule has 120 valence electrons. The van der Waals surface area contributed by atoms with Crippen LogP contribution < -0.4 is 5.84 Å². The summed E-state index contributed by atoms with van der Waals surface area (Å²) in [5.74, 6) is 6.22. The second-order valence-electron chi connectivity index (χ2n) is 5.23. The molecule has 24 heavy (non-hydrogen) atoms. The lowest BCUT2D eigenvalue weighted by Gasteiger charge is -2.09. The van der Waals surface area contributed by atoms with E-state index in [1.807, 2.05) is 41.8 Å². The smallest absolute Gasteiger partial charge is 0.196 e. The van der Waals surface area contributed by atoms with Crippen molar-refractivity contribution in [2.45, 2.75) is 12.8 Å². The van der Waals surface area contributed by atoms with Gasteiger partial charge in [0, 0.05) is 10.7 Å². The van der Waals surface area contributed by atoms with Crippen molar-refractivity contribution < 1.29 is 0 Å². The molecule has 10 heteroatoms. The first-order valence-corrected chi connectivity index (χ1v) is 7.92. The van der Waals surface area contributed by atoms with Crippen LogP contribution in [0, 0.1) is 0 Å². The number of aromatic nitrogens is 6. The van der Waals surface area contributed by atoms with E-state index in [0.717, 1.165) is 21.6 Å². The van der Waals surface area contributed by atoms with Crippen LogP contribution in [0.3, 0.4) is 0 Å². The van der Waals surface area contributed by atoms with E-state index >= 15 is 0 Å². The molecule has 9 nitrogen and oxygen atoms in total. The van der Waals surface area contributed by atoms with Crippen LogP contribution in [-0.2, 0) is 0 Å². The highest BCUT2D eigenvalue weighted by molar-refractivity contribution is 9.10. The van der Waals surface area contributed by atoms with Gasteiger partial charge in [0.2, 0.25) is 0 Å². The fourth-order valence-electron chi connectivity index (χ4n) is 2.53. The Kier molecular flexibility index (Phi) is 3.45. The predicted molar refractivity (Wildman–Crippen MR) is 89.9 cm³/mol. The summed E-state index contributed by atoms with van der Waals surface area (Å²) in [6.45, 7) is 2.03. The molecule has 0 aliphatic carbocycles. The number of fused-ring (bicyclic) bond motifs is 2. The largest absolute Gasteiger partial charge is 0.305 e. The zero-order valence-electron chi connectivity index (χ0n) is 12.6. The third-order valence-electron chi connectivity index (χ3n) is 3.71. The molecule has 0 aliphatic rings. The fraction of sp³-hybridized carbons (Fsp3) is 0.143. The van der Waals surface area contributed by atoms with Crippen LogP contribution in [-0.4, -0.2) is 29.2 Å². The summed E-state index contributed by atoms with van der Waals surface area (Å²) in [5, 5.41) is 20.0. The van der Waals surface area contributed by atoms with Crippen molar-refractivity contribution in [2.75, 3.05) is 0 Å². The second kappa shape index (κ2) is 5.64. The van der Waals surface area contributed by atoms with E-state index in [0.29, 0.717) is 11.5 Å². The number of hydrogen-bond donors (Lipinski definition) is 1. The van der Waals surface area contributed by atoms with E-state index in [1.165, 1.54) is 0 Å². The first-order chi connectivity index (χ1) is 11.7. The molecule has 0 spiro atoms. The lowest BCUT2D eigenvalue weighted by atomic mass is 10.1. The number of rotatable bonds is 3. The van der Waals surface area contributed by atoms with Crippen molar-refractivity contribution in [1.29, 1.82) is 0 Å². The molecule has 0 saturated heterocycles. The summed E-state index contributed by atoms with van der Waals surface area (Å²) >= 11 is 3.47. The third kappa shape index (κ3) is 2.40. The Morgan fingerprint density at radius 3 is 2.79 bits per heavy atom. The standard InChI is InChI=1S/C14H12BrN9/c1-8(14-20-19-13-4-2-9(15)6-23(13)14)10-3-5-12-17-11(18-22-16)7-24(12)21-10/h2-8H,1H3,(H2,16,18). The van der Waals surface area contributed by atoms with Gasteiger partial charge in [-0.05, 0) is 47.1 Å². The summed E-state index contributed by atoms with van der Waals surface area (Å²) < 4.78 is 4.55. The molecule has 2 N–H and O–H groups in total. The minimum atomic E-state index is -0.0549. The maximum absolute atomic E-state index is 5.06. The molecule has 1 atom stereocenters. The lowest BCUT2D eigenvalue weighted by molar-refractivity contribution is 0.736. The van der Waals surface area contributed by atoms with Crippen molar-refractivity contribution in [3.63, 3.8) is 0 Å². The minimum absolute atomic E-state index is 0.0549. The Bertz CT molecular complexity index is 1060. The number of halogens is 1. The molecular formula is C14H12BrN9. The van der Waals surface area contributed by atoms with E-state index in [-0.39, 0.29) is 5.92 Å². The van der Waals surface area contributed by atoms with E-state index in [2.05, 4.69) is 46.5 Å². The van der Waals surface area contributed by atoms with Crippen molar-refractivity contribution in [3.05, 3.63) is 52.7 Å². The van der Waals surface area contributed by atoms with Gasteiger partial charge in [0.05, 0.1) is 17.8 Å². The van der Waals surface area contributed by atoms with Gasteiger partial charge in [0.15, 0.2) is 17.1 Å². The highest BCUT2D eigenvalue weighted by Crippen LogP contribution is 2.23. The van der Waals surface area contributed by atoms with Crippen LogP contribution in [0.25, 0.3) is 11.3 Å². The van der Waals surface area contributed by atoms with Gasteiger partial charge in [-0.25, -0.2) is 9.50 Å². The lowest BCUT2D eigenvalue weighted by Crippen LogP contribution is -2.07. The Morgan fingerprint density at radius 1 is 1.12 bits per heavy atom. The number of hydrogen-bond acceptors (Lipinski definition) is 6. The molecule has 0 radical (unpaired) electrons. The minimum Gasteiger partial charge on any atom is -0.305 e. The van der Waals surface area contributed by atoms with E-state index < -0.39 is 0 Å². The molecule has 1 unspecified atom stereocenters. The quantitative estimate of drug-likeness (QED) is 0.331. The average molecular weight is 386 g/mol. The van der Waals surface area contributed by atoms with E-state index in [9.17, 15) is 0 Å². The van der Waals surface area contributed by atoms with Crippen LogP contribution >= 0.6 is 15.9 Å². The maximum atomic E-state index is 5.06. The number of pyridine rings is 1. The van der Waals surface area contributed by atoms with Gasteiger partial charge < -0.3 is 5.84 Å². The summed E-state index contributed by atoms with van der Waals surface area (Å²) in [6.07, 6.45) is 3.61. The Balaban J connectivity index is 1.78. The normalized spacial score (nSPS) is 13.2. The summed E-state index contributed by atoms with van der Waals surface area (Å²) in [5.41, 5.74) is 2.29. The topological polar surface area (TPSA) is 111 Å². The molecule has 4 aromatic heterocycles. The van der Waals surface area contributed by atoms with Crippen LogP contribution in [0.15, 0.2) is 51.5 Å². The van der Waals surface area contributed by atoms with Crippen molar-refractivity contribution >= 4 is 33.0 Å². The van der Waals surface area contributed by atoms with Crippen molar-refractivity contribution in [2.24, 2.45) is 16.2 Å². The van der Waals surface area contributed by atoms with Gasteiger partial charge in [-0.15, -0.1) is 15.3 Å². The van der Waals surface area contributed by atoms with Gasteiger partial charge in [-0.2, -0.15) is 5.10 Å². The molecule has 0 amide bonds. The predicted octanol–water partition coefficient (Wildman–Crippen LogP) is 2.64. The summed E-state index contributed by atoms with van der Waals surface area (Å²) in [6, 6.07) is 7.62. The van der Waals surface area contributed by atoms with Gasteiger partial charge >= 0.3 is 0 Å². The molecular weight excluding hydrogens is 374 g/mol. The van der Waals surface area contributed by atoms with Crippen LogP contribution in [0.5, 0.6) is 0 Å². The molecule has 0 bridgehead atoms. The van der Waals surface area contributed by atoms with E-state index in [1.54, 1.807) is 10.7 Å². The number of nitrogens with two attached hydrogens (primary N) is 1. The molecule has 0 saturated carbocycles. The highest BCUT2D eigenvalue weighted by Gasteiger charge is 2.18. The molecule has 0 aliphatic heterocycles. The Labute approximate surface area is 144 Å². The monoisotopic (exact) mass is 385 g/mol. The Morgan fingerprint density at radius 2 is 1.96 bits per heavy atom. The van der Waals surface area contributed by atoms with E-state index in [4.69, 9.17) is 5.84 Å². The Hall–Kier alpha value is -2.88. The van der Waals surface area contributed by atoms with Crippen molar-refractivity contribution in [3.8, 4) is 0 Å². The van der Waals surface area contributed by atoms with Crippen LogP contribution in [0.2, 0.25) is 0 Å². The maximum Gasteiger partial charge on any atom is 0.196 e. The molecule has 0 fully saturated rings. The summed E-state index contributed by atoms with van der Waals surface area (Å²) in [7, 11) is 0. The van der Waals surface area contributed by atoms with Crippen LogP contribution in [0.1, 0.15) is 24.4 Å². The molecule has 0 aromatic carbocycles. The zero-order valence-corrected chi connectivity index (χ0v) is 14.2. The van der Waals surface area contributed by atoms with Crippen molar-refractivity contribution in [1.82, 2.24) is 29.2 Å². The molecule has 4 rings (SSSR count). The number of nitrogens with zero attached hydrogens (tertiary/aromatic N) is 8. The molecule has 4 aromatic rings. The van der Waals surface area contributed by atoms with Gasteiger partial charge in [0.1, 0.15) is 5.82 Å². The first kappa shape index (κ1) is 14.7. The SMILES string of the molecule is CC(c1ccc2nc(N=NN)cn2n1)c1nnc2ccc(Br)cn12. The average Bonchev–Trinajstić information content (AvgIpc) is 3.16. The van der Waals surface area contributed by atoms with Gasteiger partial charge in [-0.1, -0.05) is 5.22 Å². The number of imidazole rings is 1. The van der Waals surface area contributed by atoms with Gasteiger partial charge in [0.25, 0.3) is 0 Å².